The van der Waals surface area contributed by atoms with Gasteiger partial charge in [0.1, 0.15) is 11.4 Å². The highest BCUT2D eigenvalue weighted by molar-refractivity contribution is 7.29. The lowest BCUT2D eigenvalue weighted by Crippen LogP contribution is -2.35. The summed E-state index contributed by atoms with van der Waals surface area (Å²) < 4.78 is 7.43. The van der Waals surface area contributed by atoms with Gasteiger partial charge in [0.2, 0.25) is 11.8 Å². The van der Waals surface area contributed by atoms with Crippen molar-refractivity contribution in [3.05, 3.63) is 90.2 Å². The largest absolute Gasteiger partial charge is 0.438 e. The van der Waals surface area contributed by atoms with Crippen LogP contribution in [0.1, 0.15) is 0 Å². The summed E-state index contributed by atoms with van der Waals surface area (Å²) in [5, 5.41) is 18.4. The molecule has 0 amide bonds. The fraction of sp³-hybridized carbons (Fsp3) is 0.129. The summed E-state index contributed by atoms with van der Waals surface area (Å²) in [5.74, 6) is 2.30. The van der Waals surface area contributed by atoms with Gasteiger partial charge in [-0.2, -0.15) is 0 Å². The zero-order valence-corrected chi connectivity index (χ0v) is 26.1. The number of nitrogens with one attached hydrogen (secondary N) is 2. The third-order valence-electron chi connectivity index (χ3n) is 6.55. The predicted molar refractivity (Wildman–Crippen MR) is 175 cm³/mol. The highest BCUT2D eigenvalue weighted by Crippen LogP contribution is 2.36. The average Bonchev–Trinajstić information content (AvgIpc) is 3.40. The highest BCUT2D eigenvalue weighted by atomic mass is 35.5. The van der Waals surface area contributed by atoms with Crippen LogP contribution in [0.25, 0.3) is 32.6 Å². The number of hydrogen-bond donors (Lipinski definition) is 2. The fourth-order valence-corrected chi connectivity index (χ4v) is 8.81. The van der Waals surface area contributed by atoms with Crippen molar-refractivity contribution in [3.8, 4) is 33.5 Å². The zero-order chi connectivity index (χ0) is 29.3. The SMILES string of the molecule is CNc1nccc(-c2cccnc2Oc2ccc(Nc3nnc(-c4cc(Cl)c([Si](C)(C)C)s4)c4ccccc34)cc2)n1. The Balaban J connectivity index is 1.25. The maximum Gasteiger partial charge on any atom is 0.228 e. The summed E-state index contributed by atoms with van der Waals surface area (Å²) in [6, 6.07) is 23.4. The van der Waals surface area contributed by atoms with Gasteiger partial charge < -0.3 is 15.4 Å². The van der Waals surface area contributed by atoms with E-state index in [9.17, 15) is 0 Å². The summed E-state index contributed by atoms with van der Waals surface area (Å²) in [4.78, 5) is 14.2. The minimum atomic E-state index is -1.57. The van der Waals surface area contributed by atoms with Crippen LogP contribution in [0.3, 0.4) is 0 Å². The van der Waals surface area contributed by atoms with E-state index < -0.39 is 8.07 Å². The number of thiophene rings is 1. The molecule has 0 aliphatic carbocycles. The molecule has 210 valence electrons. The normalized spacial score (nSPS) is 11.5. The lowest BCUT2D eigenvalue weighted by Gasteiger charge is -2.14. The summed E-state index contributed by atoms with van der Waals surface area (Å²) >= 11 is 8.37. The Hall–Kier alpha value is -4.38. The number of fused-ring (bicyclic) bond motifs is 1. The minimum Gasteiger partial charge on any atom is -0.438 e. The van der Waals surface area contributed by atoms with Crippen molar-refractivity contribution in [3.63, 3.8) is 0 Å². The first-order valence-corrected chi connectivity index (χ1v) is 18.1. The number of pyridine rings is 1. The quantitative estimate of drug-likeness (QED) is 0.168. The van der Waals surface area contributed by atoms with Crippen molar-refractivity contribution in [2.75, 3.05) is 17.7 Å². The Morgan fingerprint density at radius 1 is 0.857 bits per heavy atom. The Kier molecular flexibility index (Phi) is 7.59. The topological polar surface area (TPSA) is 97.7 Å². The van der Waals surface area contributed by atoms with Gasteiger partial charge in [0.25, 0.3) is 0 Å². The van der Waals surface area contributed by atoms with Crippen molar-refractivity contribution >= 4 is 63.7 Å². The second-order valence-corrected chi connectivity index (χ2v) is 17.4. The van der Waals surface area contributed by atoms with Gasteiger partial charge in [-0.3, -0.25) is 0 Å². The lowest BCUT2D eigenvalue weighted by molar-refractivity contribution is 0.465. The van der Waals surface area contributed by atoms with Gasteiger partial charge in [-0.15, -0.1) is 21.5 Å². The number of hydrogen-bond acceptors (Lipinski definition) is 9. The van der Waals surface area contributed by atoms with Gasteiger partial charge in [-0.05, 0) is 48.5 Å². The van der Waals surface area contributed by atoms with E-state index in [0.29, 0.717) is 29.1 Å². The molecule has 0 atom stereocenters. The highest BCUT2D eigenvalue weighted by Gasteiger charge is 2.24. The standard InChI is InChI=1S/C31H28ClN7OSSi/c1-33-31-35-17-15-25(37-31)23-10-7-16-34-29(23)40-20-13-11-19(12-14-20)36-28-22-9-6-5-8-21(22)27(38-39-28)26-18-24(32)30(41-26)42(2,3)4/h5-18H,1-4H3,(H,36,39)(H,33,35,37). The van der Waals surface area contributed by atoms with Crippen LogP contribution in [-0.2, 0) is 0 Å². The molecule has 4 aromatic heterocycles. The predicted octanol–water partition coefficient (Wildman–Crippen LogP) is 7.99. The Morgan fingerprint density at radius 2 is 1.64 bits per heavy atom. The maximum atomic E-state index is 6.65. The number of halogens is 1. The van der Waals surface area contributed by atoms with Crippen LogP contribution < -0.4 is 19.9 Å². The second-order valence-electron chi connectivity index (χ2n) is 10.6. The number of ether oxygens (including phenoxy) is 1. The summed E-state index contributed by atoms with van der Waals surface area (Å²) in [6.45, 7) is 6.90. The molecular weight excluding hydrogens is 582 g/mol. The minimum absolute atomic E-state index is 0.456. The third kappa shape index (κ3) is 5.69. The monoisotopic (exact) mass is 609 g/mol. The number of aromatic nitrogens is 5. The summed E-state index contributed by atoms with van der Waals surface area (Å²) in [7, 11) is 0.210. The van der Waals surface area contributed by atoms with E-state index in [4.69, 9.17) is 16.3 Å². The van der Waals surface area contributed by atoms with Gasteiger partial charge in [0, 0.05) is 40.4 Å². The summed E-state index contributed by atoms with van der Waals surface area (Å²) in [5.41, 5.74) is 3.18. The molecule has 2 aromatic carbocycles. The molecule has 2 N–H and O–H groups in total. The van der Waals surface area contributed by atoms with Crippen LogP contribution in [0, 0.1) is 0 Å². The van der Waals surface area contributed by atoms with E-state index in [1.54, 1.807) is 30.8 Å². The molecule has 0 aliphatic rings. The molecule has 6 rings (SSSR count). The molecule has 42 heavy (non-hydrogen) atoms. The van der Waals surface area contributed by atoms with Crippen molar-refractivity contribution in [1.29, 1.82) is 0 Å². The molecule has 8 nitrogen and oxygen atoms in total. The Bertz CT molecular complexity index is 1890. The maximum absolute atomic E-state index is 6.65. The molecule has 0 fully saturated rings. The molecular formula is C31H28ClN7OSSi. The third-order valence-corrected chi connectivity index (χ3v) is 11.8. The van der Waals surface area contributed by atoms with E-state index in [-0.39, 0.29) is 0 Å². The van der Waals surface area contributed by atoms with E-state index in [0.717, 1.165) is 37.6 Å². The molecule has 0 aliphatic heterocycles. The van der Waals surface area contributed by atoms with Gasteiger partial charge in [0.05, 0.1) is 29.2 Å². The molecule has 0 spiro atoms. The van der Waals surface area contributed by atoms with Crippen LogP contribution in [0.4, 0.5) is 17.5 Å². The molecule has 0 saturated heterocycles. The first-order valence-electron chi connectivity index (χ1n) is 13.4. The van der Waals surface area contributed by atoms with Gasteiger partial charge in [0.15, 0.2) is 5.82 Å². The molecule has 0 saturated carbocycles. The van der Waals surface area contributed by atoms with E-state index in [2.05, 4.69) is 67.6 Å². The number of nitrogens with zero attached hydrogens (tertiary/aromatic N) is 5. The number of rotatable bonds is 8. The Labute approximate surface area is 253 Å². The first kappa shape index (κ1) is 27.8. The average molecular weight is 610 g/mol. The molecule has 0 unspecified atom stereocenters. The van der Waals surface area contributed by atoms with Gasteiger partial charge in [-0.25, -0.2) is 15.0 Å². The van der Waals surface area contributed by atoms with Crippen molar-refractivity contribution < 1.29 is 4.74 Å². The van der Waals surface area contributed by atoms with Crippen molar-refractivity contribution in [1.82, 2.24) is 25.1 Å². The molecule has 0 radical (unpaired) electrons. The molecule has 11 heteroatoms. The first-order chi connectivity index (χ1) is 20.3. The van der Waals surface area contributed by atoms with Crippen LogP contribution in [-0.4, -0.2) is 40.3 Å². The van der Waals surface area contributed by atoms with Gasteiger partial charge >= 0.3 is 0 Å². The Morgan fingerprint density at radius 3 is 2.38 bits per heavy atom. The van der Waals surface area contributed by atoms with Crippen LogP contribution in [0.5, 0.6) is 11.6 Å². The van der Waals surface area contributed by atoms with E-state index in [1.807, 2.05) is 60.7 Å². The smallest absolute Gasteiger partial charge is 0.228 e. The fourth-order valence-electron chi connectivity index (χ4n) is 4.53. The van der Waals surface area contributed by atoms with Gasteiger partial charge in [-0.1, -0.05) is 55.5 Å². The summed E-state index contributed by atoms with van der Waals surface area (Å²) in [6.07, 6.45) is 3.39. The van der Waals surface area contributed by atoms with Crippen molar-refractivity contribution in [2.24, 2.45) is 0 Å². The van der Waals surface area contributed by atoms with E-state index in [1.165, 1.54) is 4.50 Å². The molecule has 4 heterocycles. The van der Waals surface area contributed by atoms with Crippen molar-refractivity contribution in [2.45, 2.75) is 19.6 Å². The second kappa shape index (κ2) is 11.5. The van der Waals surface area contributed by atoms with Crippen LogP contribution in [0.15, 0.2) is 85.2 Å². The number of benzene rings is 2. The molecule has 6 aromatic rings. The number of anilines is 3. The van der Waals surface area contributed by atoms with E-state index >= 15 is 0 Å². The van der Waals surface area contributed by atoms with Crippen LogP contribution >= 0.6 is 22.9 Å². The molecule has 0 bridgehead atoms. The zero-order valence-electron chi connectivity index (χ0n) is 23.5. The lowest BCUT2D eigenvalue weighted by atomic mass is 10.1. The van der Waals surface area contributed by atoms with Crippen LogP contribution in [0.2, 0.25) is 24.7 Å².